The Morgan fingerprint density at radius 2 is 1.91 bits per heavy atom. The van der Waals surface area contributed by atoms with Gasteiger partial charge in [0.2, 0.25) is 0 Å². The summed E-state index contributed by atoms with van der Waals surface area (Å²) in [5, 5.41) is 4.97. The molecule has 0 saturated carbocycles. The van der Waals surface area contributed by atoms with E-state index in [1.165, 1.54) is 11.8 Å². The molecule has 0 spiro atoms. The van der Waals surface area contributed by atoms with E-state index in [1.807, 2.05) is 26.0 Å². The molecule has 2 atom stereocenters. The maximum Gasteiger partial charge on any atom is 0.347 e. The first-order chi connectivity index (χ1) is 16.7. The summed E-state index contributed by atoms with van der Waals surface area (Å²) < 4.78 is 19.0. The molecule has 1 aromatic heterocycles. The van der Waals surface area contributed by atoms with E-state index in [0.717, 1.165) is 10.9 Å². The topological polar surface area (TPSA) is 92.0 Å². The van der Waals surface area contributed by atoms with Crippen LogP contribution in [0.15, 0.2) is 49.2 Å². The molecule has 0 N–H and O–H groups in total. The third-order valence-corrected chi connectivity index (χ3v) is 6.58. The molecule has 0 fully saturated rings. The predicted octanol–water partition coefficient (Wildman–Crippen LogP) is 5.66. The summed E-state index contributed by atoms with van der Waals surface area (Å²) in [4.78, 5) is 30.0. The van der Waals surface area contributed by atoms with Crippen molar-refractivity contribution in [1.82, 2.24) is 9.66 Å². The van der Waals surface area contributed by atoms with Gasteiger partial charge < -0.3 is 14.2 Å². The fourth-order valence-corrected chi connectivity index (χ4v) is 4.08. The minimum atomic E-state index is -0.810. The predicted molar refractivity (Wildman–Crippen MR) is 143 cm³/mol. The molecule has 2 aromatic carbocycles. The minimum absolute atomic E-state index is 0.0195. The highest BCUT2D eigenvalue weighted by molar-refractivity contribution is 9.10. The van der Waals surface area contributed by atoms with Crippen molar-refractivity contribution in [3.8, 4) is 11.5 Å². The highest BCUT2D eigenvalue weighted by Crippen LogP contribution is 2.34. The zero-order chi connectivity index (χ0) is 25.7. The number of carbonyl (C=O) groups is 1. The molecular formula is C25H27Br2N3O5. The lowest BCUT2D eigenvalue weighted by Gasteiger charge is -2.17. The van der Waals surface area contributed by atoms with Gasteiger partial charge in [-0.05, 0) is 66.5 Å². The van der Waals surface area contributed by atoms with Gasteiger partial charge in [0.15, 0.2) is 17.6 Å². The molecule has 8 nitrogen and oxygen atoms in total. The van der Waals surface area contributed by atoms with Gasteiger partial charge in [0.25, 0.3) is 5.56 Å². The Kier molecular flexibility index (Phi) is 9.07. The number of esters is 1. The van der Waals surface area contributed by atoms with Gasteiger partial charge in [-0.25, -0.2) is 9.78 Å². The van der Waals surface area contributed by atoms with E-state index < -0.39 is 12.1 Å². The molecule has 3 aromatic rings. The molecule has 3 rings (SSSR count). The molecule has 0 bridgehead atoms. The van der Waals surface area contributed by atoms with Crippen molar-refractivity contribution < 1.29 is 19.0 Å². The van der Waals surface area contributed by atoms with E-state index in [4.69, 9.17) is 19.2 Å². The number of halogens is 2. The highest BCUT2D eigenvalue weighted by atomic mass is 79.9. The largest absolute Gasteiger partial charge is 0.493 e. The van der Waals surface area contributed by atoms with Crippen LogP contribution < -0.4 is 15.0 Å². The zero-order valence-electron chi connectivity index (χ0n) is 20.2. The second kappa shape index (κ2) is 11.8. The van der Waals surface area contributed by atoms with E-state index in [0.29, 0.717) is 38.3 Å². The van der Waals surface area contributed by atoms with Gasteiger partial charge in [-0.1, -0.05) is 29.8 Å². The second-order valence-corrected chi connectivity index (χ2v) is 9.61. The monoisotopic (exact) mass is 607 g/mol. The van der Waals surface area contributed by atoms with Crippen molar-refractivity contribution >= 4 is 54.9 Å². The van der Waals surface area contributed by atoms with Crippen molar-refractivity contribution in [2.45, 2.75) is 46.1 Å². The Hall–Kier alpha value is -2.72. The van der Waals surface area contributed by atoms with Gasteiger partial charge in [-0.15, -0.1) is 0 Å². The summed E-state index contributed by atoms with van der Waals surface area (Å²) in [6.45, 7) is 7.65. The maximum atomic E-state index is 13.3. The van der Waals surface area contributed by atoms with Gasteiger partial charge >= 0.3 is 5.97 Å². The van der Waals surface area contributed by atoms with Crippen LogP contribution >= 0.6 is 31.9 Å². The number of aromatic nitrogens is 2. The van der Waals surface area contributed by atoms with E-state index in [1.54, 1.807) is 38.3 Å². The van der Waals surface area contributed by atoms with Crippen LogP contribution in [-0.4, -0.2) is 41.7 Å². The molecule has 0 aliphatic rings. The van der Waals surface area contributed by atoms with Crippen LogP contribution in [0.3, 0.4) is 0 Å². The first-order valence-electron chi connectivity index (χ1n) is 11.2. The Labute approximate surface area is 220 Å². The van der Waals surface area contributed by atoms with Crippen molar-refractivity contribution in [2.75, 3.05) is 13.7 Å². The van der Waals surface area contributed by atoms with Gasteiger partial charge in [0.1, 0.15) is 5.82 Å². The highest BCUT2D eigenvalue weighted by Gasteiger charge is 2.20. The fourth-order valence-electron chi connectivity index (χ4n) is 3.30. The van der Waals surface area contributed by atoms with Crippen molar-refractivity contribution in [3.63, 3.8) is 0 Å². The average Bonchev–Trinajstić information content (AvgIpc) is 2.84. The van der Waals surface area contributed by atoms with Gasteiger partial charge in [0.05, 0.1) is 30.8 Å². The third kappa shape index (κ3) is 6.10. The Bertz CT molecular complexity index is 1320. The molecule has 186 valence electrons. The molecule has 0 saturated heterocycles. The van der Waals surface area contributed by atoms with Gasteiger partial charge in [-0.2, -0.15) is 9.78 Å². The summed E-state index contributed by atoms with van der Waals surface area (Å²) in [5.41, 5.74) is 1.02. The molecule has 0 aliphatic carbocycles. The number of rotatable bonds is 9. The lowest BCUT2D eigenvalue weighted by Crippen LogP contribution is -2.26. The molecule has 0 amide bonds. The molecule has 0 unspecified atom stereocenters. The van der Waals surface area contributed by atoms with Crippen molar-refractivity contribution in [1.29, 1.82) is 0 Å². The number of methoxy groups -OCH3 is 1. The van der Waals surface area contributed by atoms with Crippen LogP contribution in [0.4, 0.5) is 0 Å². The molecule has 10 heteroatoms. The number of ether oxygens (including phenoxy) is 3. The summed E-state index contributed by atoms with van der Waals surface area (Å²) >= 11 is 6.94. The summed E-state index contributed by atoms with van der Waals surface area (Å²) in [5.74, 6) is 0.900. The maximum absolute atomic E-state index is 13.3. The Morgan fingerprint density at radius 1 is 1.17 bits per heavy atom. The van der Waals surface area contributed by atoms with Crippen LogP contribution in [0.25, 0.3) is 10.9 Å². The first kappa shape index (κ1) is 26.9. The third-order valence-electron chi connectivity index (χ3n) is 5.40. The Balaban J connectivity index is 2.04. The quantitative estimate of drug-likeness (QED) is 0.230. The summed E-state index contributed by atoms with van der Waals surface area (Å²) in [6, 6.07) is 8.81. The molecule has 1 heterocycles. The number of fused-ring (bicyclic) bond motifs is 1. The van der Waals surface area contributed by atoms with Crippen LogP contribution in [0, 0.1) is 0 Å². The van der Waals surface area contributed by atoms with Gasteiger partial charge in [0, 0.05) is 20.4 Å². The fraction of sp³-hybridized carbons (Fsp3) is 0.360. The van der Waals surface area contributed by atoms with E-state index in [2.05, 4.69) is 37.0 Å². The SMILES string of the molecule is CCOC(=O)[C@@H](C)Oc1cc(Br)c(C=Nn2c([C@H](C)CC)nc3ccc(Br)cc3c2=O)cc1OC. The smallest absolute Gasteiger partial charge is 0.347 e. The van der Waals surface area contributed by atoms with Gasteiger partial charge in [-0.3, -0.25) is 4.79 Å². The normalized spacial score (nSPS) is 13.1. The second-order valence-electron chi connectivity index (χ2n) is 7.84. The number of benzene rings is 2. The molecule has 0 radical (unpaired) electrons. The average molecular weight is 609 g/mol. The number of nitrogens with zero attached hydrogens (tertiary/aromatic N) is 3. The van der Waals surface area contributed by atoms with Crippen molar-refractivity contribution in [3.05, 3.63) is 61.0 Å². The van der Waals surface area contributed by atoms with Crippen LogP contribution in [0.5, 0.6) is 11.5 Å². The van der Waals surface area contributed by atoms with E-state index in [9.17, 15) is 9.59 Å². The molecular weight excluding hydrogens is 582 g/mol. The zero-order valence-corrected chi connectivity index (χ0v) is 23.3. The minimum Gasteiger partial charge on any atom is -0.493 e. The molecule has 0 aliphatic heterocycles. The standard InChI is InChI=1S/C25H27Br2N3O5/c1-6-14(3)23-29-20-9-8-17(26)11-18(20)24(31)30(23)28-13-16-10-21(33-5)22(12-19(16)27)35-15(4)25(32)34-7-2/h8-15H,6-7H2,1-5H3/t14-,15-/m1/s1. The lowest BCUT2D eigenvalue weighted by atomic mass is 10.1. The van der Waals surface area contributed by atoms with Crippen LogP contribution in [-0.2, 0) is 9.53 Å². The van der Waals surface area contributed by atoms with Crippen LogP contribution in [0.2, 0.25) is 0 Å². The van der Waals surface area contributed by atoms with Crippen molar-refractivity contribution in [2.24, 2.45) is 5.10 Å². The van der Waals surface area contributed by atoms with E-state index >= 15 is 0 Å². The van der Waals surface area contributed by atoms with E-state index in [-0.39, 0.29) is 18.1 Å². The summed E-state index contributed by atoms with van der Waals surface area (Å²) in [7, 11) is 1.50. The van der Waals surface area contributed by atoms with Crippen LogP contribution in [0.1, 0.15) is 51.4 Å². The number of carbonyl (C=O) groups excluding carboxylic acids is 1. The first-order valence-corrected chi connectivity index (χ1v) is 12.8. The number of hydrogen-bond acceptors (Lipinski definition) is 7. The summed E-state index contributed by atoms with van der Waals surface area (Å²) in [6.07, 6.45) is 1.55. The molecule has 35 heavy (non-hydrogen) atoms. The number of hydrogen-bond donors (Lipinski definition) is 0. The Morgan fingerprint density at radius 3 is 2.57 bits per heavy atom. The lowest BCUT2D eigenvalue weighted by molar-refractivity contribution is -0.150.